The van der Waals surface area contributed by atoms with E-state index in [1.165, 1.54) is 17.7 Å². The average Bonchev–Trinajstić information content (AvgIpc) is 3.46. The summed E-state index contributed by atoms with van der Waals surface area (Å²) in [5.74, 6) is -0.264. The predicted octanol–water partition coefficient (Wildman–Crippen LogP) is 8.72. The molecule has 272 valence electrons. The van der Waals surface area contributed by atoms with Gasteiger partial charge in [0, 0.05) is 73.5 Å². The Morgan fingerprint density at radius 1 is 0.940 bits per heavy atom. The minimum absolute atomic E-state index is 0.0452. The highest BCUT2D eigenvalue weighted by molar-refractivity contribution is 7.84. The van der Waals surface area contributed by atoms with E-state index < -0.39 is 33.5 Å². The Balaban J connectivity index is 1.38. The van der Waals surface area contributed by atoms with Crippen LogP contribution in [0.2, 0.25) is 10.0 Å². The third-order valence-corrected chi connectivity index (χ3v) is 11.7. The normalized spacial score (nSPS) is 20.4. The van der Waals surface area contributed by atoms with E-state index in [2.05, 4.69) is 26.7 Å². The number of carbonyl (C=O) groups is 1. The fourth-order valence-electron chi connectivity index (χ4n) is 6.94. The lowest BCUT2D eigenvalue weighted by Gasteiger charge is -2.39. The zero-order chi connectivity index (χ0) is 36.4. The summed E-state index contributed by atoms with van der Waals surface area (Å²) < 4.78 is 57.8. The highest BCUT2D eigenvalue weighted by Crippen LogP contribution is 2.41. The van der Waals surface area contributed by atoms with E-state index >= 15 is 0 Å². The number of nitrogens with one attached hydrogen (secondary N) is 1. The van der Waals surface area contributed by atoms with Gasteiger partial charge in [0.15, 0.2) is 0 Å². The third kappa shape index (κ3) is 9.42. The molecule has 0 aliphatic carbocycles. The van der Waals surface area contributed by atoms with Crippen molar-refractivity contribution in [2.75, 3.05) is 44.2 Å². The molecule has 2 aliphatic rings. The number of nitrogens with zero attached hydrogens (tertiary/aromatic N) is 3. The molecule has 50 heavy (non-hydrogen) atoms. The van der Waals surface area contributed by atoms with Crippen LogP contribution in [0.4, 0.5) is 18.9 Å². The maximum Gasteiger partial charge on any atom is 0.416 e. The predicted molar refractivity (Wildman–Crippen MR) is 198 cm³/mol. The van der Waals surface area contributed by atoms with Gasteiger partial charge in [-0.15, -0.1) is 0 Å². The molecule has 1 N–H and O–H groups in total. The molecule has 3 aromatic carbocycles. The maximum atomic E-state index is 14.3. The summed E-state index contributed by atoms with van der Waals surface area (Å²) in [6.45, 7) is 13.2. The Morgan fingerprint density at radius 2 is 1.62 bits per heavy atom. The van der Waals surface area contributed by atoms with Crippen molar-refractivity contribution in [1.29, 1.82) is 0 Å². The number of rotatable bonds is 10. The number of amides is 1. The Kier molecular flexibility index (Phi) is 12.3. The van der Waals surface area contributed by atoms with Crippen LogP contribution in [0, 0.1) is 11.8 Å². The van der Waals surface area contributed by atoms with Crippen molar-refractivity contribution in [2.24, 2.45) is 11.8 Å². The summed E-state index contributed by atoms with van der Waals surface area (Å²) in [5.41, 5.74) is 2.45. The van der Waals surface area contributed by atoms with Gasteiger partial charge < -0.3 is 9.80 Å². The summed E-state index contributed by atoms with van der Waals surface area (Å²) in [5, 5.41) is 1.08. The number of carbonyl (C=O) groups excluding carboxylic acids is 1. The Bertz CT molecular complexity index is 1660. The molecule has 2 fully saturated rings. The lowest BCUT2D eigenvalue weighted by molar-refractivity contribution is -0.138. The van der Waals surface area contributed by atoms with E-state index in [0.29, 0.717) is 73.5 Å². The summed E-state index contributed by atoms with van der Waals surface area (Å²) in [7, 11) is -1.50. The zero-order valence-corrected chi connectivity index (χ0v) is 31.6. The second-order valence-corrected chi connectivity index (χ2v) is 17.7. The number of hydrogen-bond donors (Lipinski definition) is 1. The first-order valence-corrected chi connectivity index (χ1v) is 19.1. The Morgan fingerprint density at radius 3 is 2.22 bits per heavy atom. The molecule has 0 spiro atoms. The molecule has 12 heteroatoms. The lowest BCUT2D eigenvalue weighted by atomic mass is 9.87. The first kappa shape index (κ1) is 38.6. The quantitative estimate of drug-likeness (QED) is 0.225. The van der Waals surface area contributed by atoms with E-state index in [1.807, 2.05) is 69.9 Å². The van der Waals surface area contributed by atoms with Gasteiger partial charge in [-0.3, -0.25) is 9.69 Å². The minimum Gasteiger partial charge on any atom is -0.368 e. The minimum atomic E-state index is -4.52. The monoisotopic (exact) mass is 750 g/mol. The molecule has 6 nitrogen and oxygen atoms in total. The Labute approximate surface area is 306 Å². The topological polar surface area (TPSA) is 55.9 Å². The van der Waals surface area contributed by atoms with Crippen molar-refractivity contribution in [3.63, 3.8) is 0 Å². The van der Waals surface area contributed by atoms with Crippen LogP contribution in [0.25, 0.3) is 0 Å². The molecule has 0 radical (unpaired) electrons. The number of alkyl halides is 3. The summed E-state index contributed by atoms with van der Waals surface area (Å²) in [4.78, 5) is 20.5. The van der Waals surface area contributed by atoms with E-state index in [4.69, 9.17) is 23.2 Å². The molecule has 0 bridgehead atoms. The SMILES string of the molecule is CC(C)C[C@H](N[S@@](=O)C(C)(C)C)c1cc(C(F)(F)F)ccc1N1CCN(C(=O)[C@H]2CN(Cc3ccccc3)C[C@@H]2c2ccc(Cl)cc2Cl)CC1. The second kappa shape index (κ2) is 15.9. The summed E-state index contributed by atoms with van der Waals surface area (Å²) in [6.07, 6.45) is -4.02. The number of hydrogen-bond acceptors (Lipinski definition) is 4. The van der Waals surface area contributed by atoms with Gasteiger partial charge in [0.1, 0.15) is 0 Å². The molecule has 2 heterocycles. The Hall–Kier alpha value is -2.63. The van der Waals surface area contributed by atoms with Gasteiger partial charge in [-0.05, 0) is 80.1 Å². The van der Waals surface area contributed by atoms with Crippen LogP contribution in [0.1, 0.15) is 75.3 Å². The standard InChI is InChI=1S/C38H47Cl2F3N4O2S/c1-25(2)19-34(44-50(49)37(3,4)5)30-20-27(38(41,42)43)11-14-35(30)46-15-17-47(18-16-46)36(48)32-24-45(22-26-9-7-6-8-10-26)23-31(32)29-13-12-28(39)21-33(29)40/h6-14,20-21,25,31-32,34,44H,15-19,22-24H2,1-5H3/t31-,32+,34+,50+/m1/s1. The fourth-order valence-corrected chi connectivity index (χ4v) is 8.32. The molecule has 2 aliphatic heterocycles. The molecular formula is C38H47Cl2F3N4O2S. The van der Waals surface area contributed by atoms with Gasteiger partial charge >= 0.3 is 6.18 Å². The van der Waals surface area contributed by atoms with Crippen LogP contribution in [-0.4, -0.2) is 63.9 Å². The van der Waals surface area contributed by atoms with Gasteiger partial charge in [0.2, 0.25) is 5.91 Å². The van der Waals surface area contributed by atoms with Crippen molar-refractivity contribution in [3.8, 4) is 0 Å². The average molecular weight is 752 g/mol. The van der Waals surface area contributed by atoms with Crippen molar-refractivity contribution in [2.45, 2.75) is 70.5 Å². The largest absolute Gasteiger partial charge is 0.416 e. The van der Waals surface area contributed by atoms with Crippen molar-refractivity contribution >= 4 is 45.8 Å². The van der Waals surface area contributed by atoms with Gasteiger partial charge in [0.25, 0.3) is 0 Å². The molecule has 1 amide bonds. The fraction of sp³-hybridized carbons (Fsp3) is 0.500. The molecule has 0 unspecified atom stereocenters. The van der Waals surface area contributed by atoms with Crippen LogP contribution < -0.4 is 9.62 Å². The molecule has 2 saturated heterocycles. The van der Waals surface area contributed by atoms with Crippen molar-refractivity contribution < 1.29 is 22.2 Å². The number of likely N-dealkylation sites (tertiary alicyclic amines) is 1. The second-order valence-electron chi connectivity index (χ2n) is 14.8. The van der Waals surface area contributed by atoms with E-state index in [9.17, 15) is 22.2 Å². The van der Waals surface area contributed by atoms with E-state index in [-0.39, 0.29) is 23.7 Å². The number of piperazine rings is 1. The number of benzene rings is 3. The molecule has 0 saturated carbocycles. The molecule has 3 aromatic rings. The third-order valence-electron chi connectivity index (χ3n) is 9.50. The van der Waals surface area contributed by atoms with Crippen LogP contribution >= 0.6 is 23.2 Å². The smallest absolute Gasteiger partial charge is 0.368 e. The van der Waals surface area contributed by atoms with Crippen LogP contribution in [-0.2, 0) is 28.5 Å². The number of halogens is 5. The van der Waals surface area contributed by atoms with Crippen LogP contribution in [0.3, 0.4) is 0 Å². The van der Waals surface area contributed by atoms with Gasteiger partial charge in [0.05, 0.1) is 27.2 Å². The first-order valence-electron chi connectivity index (χ1n) is 17.2. The molecule has 4 atom stereocenters. The molecular weight excluding hydrogens is 704 g/mol. The highest BCUT2D eigenvalue weighted by atomic mass is 35.5. The highest BCUT2D eigenvalue weighted by Gasteiger charge is 2.42. The molecule has 5 rings (SSSR count). The van der Waals surface area contributed by atoms with Crippen LogP contribution in [0.5, 0.6) is 0 Å². The zero-order valence-electron chi connectivity index (χ0n) is 29.3. The van der Waals surface area contributed by atoms with E-state index in [0.717, 1.165) is 11.6 Å². The van der Waals surface area contributed by atoms with Crippen LogP contribution in [0.15, 0.2) is 66.7 Å². The first-order chi connectivity index (χ1) is 23.5. The van der Waals surface area contributed by atoms with E-state index in [1.54, 1.807) is 6.07 Å². The van der Waals surface area contributed by atoms with Crippen molar-refractivity contribution in [1.82, 2.24) is 14.5 Å². The maximum absolute atomic E-state index is 14.3. The molecule has 0 aromatic heterocycles. The van der Waals surface area contributed by atoms with Gasteiger partial charge in [-0.1, -0.05) is 73.4 Å². The van der Waals surface area contributed by atoms with Gasteiger partial charge in [-0.25, -0.2) is 8.93 Å². The summed E-state index contributed by atoms with van der Waals surface area (Å²) >= 11 is 12.9. The number of anilines is 1. The summed E-state index contributed by atoms with van der Waals surface area (Å²) in [6, 6.07) is 18.9. The lowest BCUT2D eigenvalue weighted by Crippen LogP contribution is -2.51. The van der Waals surface area contributed by atoms with Crippen molar-refractivity contribution in [3.05, 3.63) is 99.0 Å². The van der Waals surface area contributed by atoms with Gasteiger partial charge in [-0.2, -0.15) is 13.2 Å².